The second-order valence-electron chi connectivity index (χ2n) is 5.47. The van der Waals surface area contributed by atoms with Crippen LogP contribution in [0.1, 0.15) is 19.8 Å². The highest BCUT2D eigenvalue weighted by molar-refractivity contribution is 7.89. The molecule has 2 rings (SSSR count). The van der Waals surface area contributed by atoms with Gasteiger partial charge in [-0.25, -0.2) is 17.7 Å². The SMILES string of the molecule is CCS(=O)(=O)N(C)C[C@]1(O)CCCN(c2cnccn2)C1. The molecule has 0 aromatic carbocycles. The molecule has 0 bridgehead atoms. The molecule has 1 atom stereocenters. The van der Waals surface area contributed by atoms with E-state index in [0.717, 1.165) is 13.0 Å². The number of aliphatic hydroxyl groups is 1. The smallest absolute Gasteiger partial charge is 0.213 e. The van der Waals surface area contributed by atoms with E-state index in [2.05, 4.69) is 9.97 Å². The molecular weight excluding hydrogens is 292 g/mol. The van der Waals surface area contributed by atoms with Gasteiger partial charge < -0.3 is 10.0 Å². The molecule has 1 fully saturated rings. The Morgan fingerprint density at radius 3 is 2.86 bits per heavy atom. The highest BCUT2D eigenvalue weighted by Crippen LogP contribution is 2.25. The third-order valence-corrected chi connectivity index (χ3v) is 5.59. The minimum Gasteiger partial charge on any atom is -0.387 e. The second-order valence-corrected chi connectivity index (χ2v) is 7.83. The van der Waals surface area contributed by atoms with Crippen molar-refractivity contribution in [1.82, 2.24) is 14.3 Å². The fourth-order valence-corrected chi connectivity index (χ4v) is 3.50. The van der Waals surface area contributed by atoms with E-state index >= 15 is 0 Å². The van der Waals surface area contributed by atoms with Crippen LogP contribution in [0.4, 0.5) is 5.82 Å². The van der Waals surface area contributed by atoms with Gasteiger partial charge in [-0.2, -0.15) is 0 Å². The number of likely N-dealkylation sites (N-methyl/N-ethyl adjacent to an activating group) is 1. The topological polar surface area (TPSA) is 86.6 Å². The molecule has 118 valence electrons. The first-order chi connectivity index (χ1) is 9.86. The van der Waals surface area contributed by atoms with Crippen molar-refractivity contribution in [2.75, 3.05) is 37.3 Å². The Hall–Kier alpha value is -1.25. The van der Waals surface area contributed by atoms with Crippen molar-refractivity contribution < 1.29 is 13.5 Å². The van der Waals surface area contributed by atoms with Crippen LogP contribution in [-0.2, 0) is 10.0 Å². The number of sulfonamides is 1. The Labute approximate surface area is 125 Å². The molecule has 1 aromatic rings. The van der Waals surface area contributed by atoms with Gasteiger partial charge in [0.1, 0.15) is 5.82 Å². The van der Waals surface area contributed by atoms with Gasteiger partial charge in [0.15, 0.2) is 0 Å². The Balaban J connectivity index is 2.09. The molecule has 0 spiro atoms. The molecule has 0 amide bonds. The summed E-state index contributed by atoms with van der Waals surface area (Å²) in [5.74, 6) is 0.740. The van der Waals surface area contributed by atoms with Crippen molar-refractivity contribution >= 4 is 15.8 Å². The number of rotatable bonds is 5. The van der Waals surface area contributed by atoms with Gasteiger partial charge in [0.05, 0.1) is 17.6 Å². The second kappa shape index (κ2) is 6.25. The lowest BCUT2D eigenvalue weighted by molar-refractivity contribution is 0.0131. The fraction of sp³-hybridized carbons (Fsp3) is 0.692. The Morgan fingerprint density at radius 1 is 1.48 bits per heavy atom. The maximum atomic E-state index is 11.8. The number of piperidine rings is 1. The lowest BCUT2D eigenvalue weighted by Crippen LogP contribution is -2.55. The summed E-state index contributed by atoms with van der Waals surface area (Å²) in [6.07, 6.45) is 6.22. The number of aromatic nitrogens is 2. The van der Waals surface area contributed by atoms with Crippen LogP contribution >= 0.6 is 0 Å². The van der Waals surface area contributed by atoms with Crippen LogP contribution in [-0.4, -0.2) is 65.8 Å². The molecule has 0 unspecified atom stereocenters. The average Bonchev–Trinajstić information content (AvgIpc) is 2.47. The fourth-order valence-electron chi connectivity index (χ4n) is 2.62. The van der Waals surface area contributed by atoms with Gasteiger partial charge in [-0.05, 0) is 19.8 Å². The van der Waals surface area contributed by atoms with E-state index in [0.29, 0.717) is 18.8 Å². The number of anilines is 1. The summed E-state index contributed by atoms with van der Waals surface area (Å²) in [5.41, 5.74) is -1.06. The van der Waals surface area contributed by atoms with Crippen LogP contribution in [0.3, 0.4) is 0 Å². The Bertz CT molecular complexity index is 566. The first-order valence-electron chi connectivity index (χ1n) is 7.04. The molecule has 1 aliphatic rings. The molecule has 21 heavy (non-hydrogen) atoms. The molecule has 1 aromatic heterocycles. The normalized spacial score (nSPS) is 23.5. The van der Waals surface area contributed by atoms with Gasteiger partial charge in [0, 0.05) is 39.1 Å². The third kappa shape index (κ3) is 3.90. The highest BCUT2D eigenvalue weighted by atomic mass is 32.2. The predicted molar refractivity (Wildman–Crippen MR) is 80.5 cm³/mol. The summed E-state index contributed by atoms with van der Waals surface area (Å²) in [7, 11) is -1.78. The summed E-state index contributed by atoms with van der Waals surface area (Å²) in [5, 5.41) is 10.7. The van der Waals surface area contributed by atoms with E-state index in [-0.39, 0.29) is 12.3 Å². The van der Waals surface area contributed by atoms with Crippen LogP contribution in [0.25, 0.3) is 0 Å². The molecule has 0 saturated carbocycles. The van der Waals surface area contributed by atoms with E-state index in [9.17, 15) is 13.5 Å². The van der Waals surface area contributed by atoms with Crippen molar-refractivity contribution in [1.29, 1.82) is 0 Å². The Morgan fingerprint density at radius 2 is 2.24 bits per heavy atom. The molecule has 1 saturated heterocycles. The maximum Gasteiger partial charge on any atom is 0.213 e. The maximum absolute atomic E-state index is 11.8. The van der Waals surface area contributed by atoms with Crippen molar-refractivity contribution in [3.63, 3.8) is 0 Å². The zero-order valence-electron chi connectivity index (χ0n) is 12.4. The zero-order valence-corrected chi connectivity index (χ0v) is 13.3. The monoisotopic (exact) mass is 314 g/mol. The molecule has 0 radical (unpaired) electrons. The van der Waals surface area contributed by atoms with Gasteiger partial charge in [-0.3, -0.25) is 4.98 Å². The summed E-state index contributed by atoms with van der Waals surface area (Å²) >= 11 is 0. The van der Waals surface area contributed by atoms with E-state index < -0.39 is 15.6 Å². The largest absolute Gasteiger partial charge is 0.387 e. The van der Waals surface area contributed by atoms with Crippen LogP contribution in [0.5, 0.6) is 0 Å². The van der Waals surface area contributed by atoms with Crippen molar-refractivity contribution in [3.05, 3.63) is 18.6 Å². The van der Waals surface area contributed by atoms with Crippen LogP contribution in [0, 0.1) is 0 Å². The zero-order chi connectivity index (χ0) is 15.5. The molecule has 7 nitrogen and oxygen atoms in total. The average molecular weight is 314 g/mol. The predicted octanol–water partition coefficient (Wildman–Crippen LogP) is 0.0894. The molecular formula is C13H22N4O3S. The molecule has 1 N–H and O–H groups in total. The summed E-state index contributed by atoms with van der Waals surface area (Å²) in [4.78, 5) is 10.2. The van der Waals surface area contributed by atoms with Crippen LogP contribution in [0.15, 0.2) is 18.6 Å². The molecule has 8 heteroatoms. The van der Waals surface area contributed by atoms with E-state index in [1.807, 2.05) is 4.90 Å². The minimum atomic E-state index is -3.29. The summed E-state index contributed by atoms with van der Waals surface area (Å²) < 4.78 is 24.9. The summed E-state index contributed by atoms with van der Waals surface area (Å²) in [6, 6.07) is 0. The third-order valence-electron chi connectivity index (χ3n) is 3.79. The van der Waals surface area contributed by atoms with Crippen LogP contribution < -0.4 is 4.90 Å². The number of nitrogens with zero attached hydrogens (tertiary/aromatic N) is 4. The Kier molecular flexibility index (Phi) is 4.80. The van der Waals surface area contributed by atoms with Crippen molar-refractivity contribution in [2.24, 2.45) is 0 Å². The lowest BCUT2D eigenvalue weighted by Gasteiger charge is -2.41. The summed E-state index contributed by atoms with van der Waals surface area (Å²) in [6.45, 7) is 2.84. The van der Waals surface area contributed by atoms with Gasteiger partial charge in [0.25, 0.3) is 0 Å². The van der Waals surface area contributed by atoms with Gasteiger partial charge in [-0.15, -0.1) is 0 Å². The van der Waals surface area contributed by atoms with Crippen LogP contribution in [0.2, 0.25) is 0 Å². The number of hydrogen-bond acceptors (Lipinski definition) is 6. The first kappa shape index (κ1) is 16.1. The van der Waals surface area contributed by atoms with Gasteiger partial charge in [-0.1, -0.05) is 0 Å². The number of β-amino-alcohol motifs (C(OH)–C–C–N with tert-alkyl or cyclic N) is 1. The number of hydrogen-bond donors (Lipinski definition) is 1. The van der Waals surface area contributed by atoms with E-state index in [1.165, 1.54) is 11.4 Å². The van der Waals surface area contributed by atoms with E-state index in [4.69, 9.17) is 0 Å². The standard InChI is InChI=1S/C13H22N4O3S/c1-3-21(19,20)16(2)10-13(18)5-4-8-17(11-13)12-9-14-6-7-15-12/h6-7,9,18H,3-5,8,10-11H2,1-2H3/t13-/m1/s1. The first-order valence-corrected chi connectivity index (χ1v) is 8.64. The molecule has 1 aliphatic heterocycles. The lowest BCUT2D eigenvalue weighted by atomic mass is 9.93. The van der Waals surface area contributed by atoms with Crippen molar-refractivity contribution in [2.45, 2.75) is 25.4 Å². The van der Waals surface area contributed by atoms with Gasteiger partial charge >= 0.3 is 0 Å². The van der Waals surface area contributed by atoms with Gasteiger partial charge in [0.2, 0.25) is 10.0 Å². The van der Waals surface area contributed by atoms with Crippen molar-refractivity contribution in [3.8, 4) is 0 Å². The highest BCUT2D eigenvalue weighted by Gasteiger charge is 2.37. The molecule has 0 aliphatic carbocycles. The quantitative estimate of drug-likeness (QED) is 0.829. The molecule has 2 heterocycles. The minimum absolute atomic E-state index is 0.0352. The van der Waals surface area contributed by atoms with E-state index in [1.54, 1.807) is 25.5 Å².